The van der Waals surface area contributed by atoms with Crippen molar-refractivity contribution in [3.63, 3.8) is 0 Å². The van der Waals surface area contributed by atoms with Crippen LogP contribution in [0, 0.1) is 0 Å². The maximum absolute atomic E-state index is 9.86. The first kappa shape index (κ1) is 33.1. The number of benzene rings is 8. The predicted molar refractivity (Wildman–Crippen MR) is 230 cm³/mol. The van der Waals surface area contributed by atoms with Crippen LogP contribution in [0.5, 0.6) is 0 Å². The van der Waals surface area contributed by atoms with Crippen molar-refractivity contribution in [2.75, 3.05) is 6.61 Å². The lowest BCUT2D eigenvalue weighted by Gasteiger charge is -2.29. The Labute approximate surface area is 319 Å². The summed E-state index contributed by atoms with van der Waals surface area (Å²) in [6.07, 6.45) is 3.67. The Hall–Kier alpha value is -5.50. The Morgan fingerprint density at radius 3 is 1.76 bits per heavy atom. The lowest BCUT2D eigenvalue weighted by molar-refractivity contribution is 0.276. The molecule has 0 heterocycles. The van der Waals surface area contributed by atoms with Gasteiger partial charge in [0.05, 0.1) is 0 Å². The first-order valence-corrected chi connectivity index (χ1v) is 19.5. The largest absolute Gasteiger partial charge is 0.396 e. The fourth-order valence-corrected chi connectivity index (χ4v) is 10.1. The lowest BCUT2D eigenvalue weighted by atomic mass is 9.74. The third-order valence-electron chi connectivity index (χ3n) is 13.1. The molecule has 1 N–H and O–H groups in total. The monoisotopic (exact) mass is 698 g/mol. The quantitative estimate of drug-likeness (QED) is 0.135. The number of fused-ring (bicyclic) bond motifs is 6. The van der Waals surface area contributed by atoms with E-state index in [1.807, 2.05) is 0 Å². The van der Waals surface area contributed by atoms with Crippen LogP contribution < -0.4 is 0 Å². The van der Waals surface area contributed by atoms with Crippen molar-refractivity contribution in [3.05, 3.63) is 168 Å². The molecular weight excluding hydrogens is 653 g/mol. The Morgan fingerprint density at radius 1 is 0.556 bits per heavy atom. The Balaban J connectivity index is 1.06. The van der Waals surface area contributed by atoms with Gasteiger partial charge in [-0.05, 0) is 141 Å². The van der Waals surface area contributed by atoms with Gasteiger partial charge in [-0.3, -0.25) is 0 Å². The molecule has 1 atom stereocenters. The number of aliphatic hydroxyl groups is 1. The lowest BCUT2D eigenvalue weighted by Crippen LogP contribution is -2.22. The highest BCUT2D eigenvalue weighted by Gasteiger charge is 2.41. The van der Waals surface area contributed by atoms with Crippen LogP contribution in [0.3, 0.4) is 0 Å². The molecule has 1 heteroatoms. The smallest absolute Gasteiger partial charge is 0.0431 e. The second kappa shape index (κ2) is 11.5. The van der Waals surface area contributed by atoms with Crippen LogP contribution in [0.4, 0.5) is 0 Å². The van der Waals surface area contributed by atoms with Crippen LogP contribution in [0.25, 0.3) is 76.8 Å². The molecule has 8 aromatic rings. The molecule has 54 heavy (non-hydrogen) atoms. The molecule has 8 aromatic carbocycles. The van der Waals surface area contributed by atoms with Gasteiger partial charge in [0.2, 0.25) is 0 Å². The average Bonchev–Trinajstić information content (AvgIpc) is 3.59. The van der Waals surface area contributed by atoms with Crippen LogP contribution in [0.2, 0.25) is 0 Å². The highest BCUT2D eigenvalue weighted by Crippen LogP contribution is 2.54. The zero-order valence-corrected chi connectivity index (χ0v) is 32.0. The molecule has 0 saturated heterocycles. The molecule has 0 aliphatic heterocycles. The van der Waals surface area contributed by atoms with E-state index in [4.69, 9.17) is 0 Å². The van der Waals surface area contributed by atoms with Crippen LogP contribution >= 0.6 is 0 Å². The van der Waals surface area contributed by atoms with Gasteiger partial charge in [-0.2, -0.15) is 0 Å². The molecule has 2 aliphatic rings. The third kappa shape index (κ3) is 4.55. The molecule has 2 aliphatic carbocycles. The molecule has 0 fully saturated rings. The van der Waals surface area contributed by atoms with E-state index in [0.717, 1.165) is 12.8 Å². The second-order valence-electron chi connectivity index (χ2n) is 17.4. The van der Waals surface area contributed by atoms with Gasteiger partial charge < -0.3 is 5.11 Å². The normalized spacial score (nSPS) is 16.9. The van der Waals surface area contributed by atoms with E-state index in [1.165, 1.54) is 105 Å². The molecule has 0 saturated carbocycles. The van der Waals surface area contributed by atoms with Crippen molar-refractivity contribution < 1.29 is 5.11 Å². The summed E-state index contributed by atoms with van der Waals surface area (Å²) in [5.74, 6) is 0. The SMILES string of the molecule is C=CC1(CCCO)c2ccccc2-c2ccc(-c3ccc4c(c3)C(C)(C)c3cc(-c5ccc6ccc7cc(C(C)(C)C)cc8ccc5c6c78)ccc3-4)cc21. The first-order chi connectivity index (χ1) is 26.0. The zero-order valence-electron chi connectivity index (χ0n) is 32.0. The summed E-state index contributed by atoms with van der Waals surface area (Å²) in [4.78, 5) is 0. The van der Waals surface area contributed by atoms with E-state index < -0.39 is 0 Å². The van der Waals surface area contributed by atoms with Gasteiger partial charge >= 0.3 is 0 Å². The molecular formula is C53H46O. The number of allylic oxidation sites excluding steroid dienone is 1. The van der Waals surface area contributed by atoms with E-state index >= 15 is 0 Å². The molecule has 10 rings (SSSR count). The minimum Gasteiger partial charge on any atom is -0.396 e. The van der Waals surface area contributed by atoms with Gasteiger partial charge in [0.25, 0.3) is 0 Å². The van der Waals surface area contributed by atoms with E-state index in [-0.39, 0.29) is 22.9 Å². The molecule has 1 nitrogen and oxygen atoms in total. The minimum absolute atomic E-state index is 0.0942. The molecule has 264 valence electrons. The molecule has 0 aromatic heterocycles. The van der Waals surface area contributed by atoms with Gasteiger partial charge in [-0.1, -0.05) is 150 Å². The highest BCUT2D eigenvalue weighted by molar-refractivity contribution is 6.25. The van der Waals surface area contributed by atoms with Gasteiger partial charge in [0, 0.05) is 17.4 Å². The highest BCUT2D eigenvalue weighted by atomic mass is 16.2. The van der Waals surface area contributed by atoms with Gasteiger partial charge in [0.1, 0.15) is 0 Å². The van der Waals surface area contributed by atoms with E-state index in [9.17, 15) is 5.11 Å². The second-order valence-corrected chi connectivity index (χ2v) is 17.4. The number of hydrogen-bond acceptors (Lipinski definition) is 1. The predicted octanol–water partition coefficient (Wildman–Crippen LogP) is 13.7. The van der Waals surface area contributed by atoms with Crippen molar-refractivity contribution in [1.82, 2.24) is 0 Å². The summed E-state index contributed by atoms with van der Waals surface area (Å²) in [6, 6.07) is 48.6. The van der Waals surface area contributed by atoms with E-state index in [2.05, 4.69) is 175 Å². The molecule has 0 spiro atoms. The van der Waals surface area contributed by atoms with E-state index in [0.29, 0.717) is 0 Å². The standard InChI is InChI=1S/C53H46O/c1-7-53(25-10-26-54)45-12-9-8-11-40(45)43-22-17-34(30-48(43)53)33-16-21-41-42-23-18-35(31-47(42)52(5,6)46(41)29-33)39-20-15-32-13-14-36-27-38(51(2,3)4)28-37-19-24-44(39)50(32)49(36)37/h7-9,11-24,27-31,54H,1,10,25-26H2,2-6H3. The summed E-state index contributed by atoms with van der Waals surface area (Å²) >= 11 is 0. The summed E-state index contributed by atoms with van der Waals surface area (Å²) in [5.41, 5.74) is 16.5. The number of hydrogen-bond donors (Lipinski definition) is 1. The fourth-order valence-electron chi connectivity index (χ4n) is 10.1. The van der Waals surface area contributed by atoms with Crippen molar-refractivity contribution in [3.8, 4) is 44.5 Å². The van der Waals surface area contributed by atoms with Crippen LogP contribution in [0.15, 0.2) is 140 Å². The van der Waals surface area contributed by atoms with E-state index in [1.54, 1.807) is 0 Å². The van der Waals surface area contributed by atoms with Crippen LogP contribution in [-0.4, -0.2) is 11.7 Å². The van der Waals surface area contributed by atoms with Crippen LogP contribution in [0.1, 0.15) is 75.3 Å². The zero-order chi connectivity index (χ0) is 37.1. The Kier molecular flexibility index (Phi) is 7.05. The Bertz CT molecular complexity index is 2820. The maximum atomic E-state index is 9.86. The number of aliphatic hydroxyl groups excluding tert-OH is 1. The summed E-state index contributed by atoms with van der Waals surface area (Å²) < 4.78 is 0. The average molecular weight is 699 g/mol. The first-order valence-electron chi connectivity index (χ1n) is 19.5. The van der Waals surface area contributed by atoms with Crippen molar-refractivity contribution >= 4 is 32.3 Å². The fraction of sp³-hybridized carbons (Fsp3) is 0.208. The molecule has 0 amide bonds. The summed E-state index contributed by atoms with van der Waals surface area (Å²) in [6.45, 7) is 16.2. The van der Waals surface area contributed by atoms with Crippen LogP contribution in [-0.2, 0) is 16.2 Å². The summed E-state index contributed by atoms with van der Waals surface area (Å²) in [7, 11) is 0. The Morgan fingerprint density at radius 2 is 1.09 bits per heavy atom. The number of rotatable bonds is 6. The van der Waals surface area contributed by atoms with Crippen molar-refractivity contribution in [2.45, 2.75) is 63.7 Å². The van der Waals surface area contributed by atoms with Gasteiger partial charge in [-0.25, -0.2) is 0 Å². The summed E-state index contributed by atoms with van der Waals surface area (Å²) in [5, 5.41) is 17.9. The topological polar surface area (TPSA) is 20.2 Å². The molecule has 0 bridgehead atoms. The maximum Gasteiger partial charge on any atom is 0.0431 e. The van der Waals surface area contributed by atoms with Gasteiger partial charge in [-0.15, -0.1) is 6.58 Å². The van der Waals surface area contributed by atoms with Gasteiger partial charge in [0.15, 0.2) is 0 Å². The molecule has 0 radical (unpaired) electrons. The molecule has 1 unspecified atom stereocenters. The van der Waals surface area contributed by atoms with Crippen molar-refractivity contribution in [2.24, 2.45) is 0 Å². The van der Waals surface area contributed by atoms with Crippen molar-refractivity contribution in [1.29, 1.82) is 0 Å². The third-order valence-corrected chi connectivity index (χ3v) is 13.1. The minimum atomic E-state index is -0.312.